The Bertz CT molecular complexity index is 470. The molecule has 1 aliphatic rings. The summed E-state index contributed by atoms with van der Waals surface area (Å²) in [4.78, 5) is 18.4. The van der Waals surface area contributed by atoms with Gasteiger partial charge < -0.3 is 14.7 Å². The molecule has 0 aromatic carbocycles. The number of carbonyl (C=O) groups excluding carboxylic acids is 1. The fraction of sp³-hybridized carbons (Fsp3) is 0.600. The van der Waals surface area contributed by atoms with Crippen LogP contribution in [0.5, 0.6) is 5.75 Å². The third-order valence-electron chi connectivity index (χ3n) is 3.54. The van der Waals surface area contributed by atoms with Gasteiger partial charge in [-0.05, 0) is 45.2 Å². The second-order valence-corrected chi connectivity index (χ2v) is 5.20. The van der Waals surface area contributed by atoms with Crippen LogP contribution in [-0.4, -0.2) is 40.1 Å². The van der Waals surface area contributed by atoms with Crippen LogP contribution in [0, 0.1) is 6.92 Å². The first-order valence-corrected chi connectivity index (χ1v) is 7.14. The summed E-state index contributed by atoms with van der Waals surface area (Å²) in [6, 6.07) is 3.57. The smallest absolute Gasteiger partial charge is 0.263 e. The third-order valence-corrected chi connectivity index (χ3v) is 3.54. The predicted molar refractivity (Wildman–Crippen MR) is 75.4 cm³/mol. The SMILES string of the molecule is Cc1ccc(OC(C)C(=O)N2CCCCC2)c(CO)n1. The van der Waals surface area contributed by atoms with Crippen LogP contribution in [0.3, 0.4) is 0 Å². The van der Waals surface area contributed by atoms with E-state index in [9.17, 15) is 9.90 Å². The highest BCUT2D eigenvalue weighted by atomic mass is 16.5. The van der Waals surface area contributed by atoms with Crippen LogP contribution < -0.4 is 4.74 Å². The molecule has 1 aromatic heterocycles. The van der Waals surface area contributed by atoms with Gasteiger partial charge >= 0.3 is 0 Å². The van der Waals surface area contributed by atoms with E-state index in [-0.39, 0.29) is 12.5 Å². The molecule has 0 saturated carbocycles. The van der Waals surface area contributed by atoms with E-state index in [2.05, 4.69) is 4.98 Å². The standard InChI is InChI=1S/C15H22N2O3/c1-11-6-7-14(13(10-18)16-11)20-12(2)15(19)17-8-4-3-5-9-17/h6-7,12,18H,3-5,8-10H2,1-2H3. The Labute approximate surface area is 119 Å². The zero-order chi connectivity index (χ0) is 14.5. The minimum atomic E-state index is -0.553. The van der Waals surface area contributed by atoms with Gasteiger partial charge in [0.2, 0.25) is 0 Å². The number of likely N-dealkylation sites (tertiary alicyclic amines) is 1. The van der Waals surface area contributed by atoms with Crippen LogP contribution in [0.25, 0.3) is 0 Å². The highest BCUT2D eigenvalue weighted by Crippen LogP contribution is 2.20. The number of hydrogen-bond acceptors (Lipinski definition) is 4. The first kappa shape index (κ1) is 14.8. The summed E-state index contributed by atoms with van der Waals surface area (Å²) in [5.41, 5.74) is 1.29. The number of aliphatic hydroxyl groups is 1. The zero-order valence-electron chi connectivity index (χ0n) is 12.1. The average molecular weight is 278 g/mol. The first-order valence-electron chi connectivity index (χ1n) is 7.14. The minimum absolute atomic E-state index is 0.00849. The molecule has 1 saturated heterocycles. The van der Waals surface area contributed by atoms with E-state index in [1.165, 1.54) is 6.42 Å². The van der Waals surface area contributed by atoms with E-state index in [1.54, 1.807) is 13.0 Å². The summed E-state index contributed by atoms with van der Waals surface area (Å²) >= 11 is 0. The summed E-state index contributed by atoms with van der Waals surface area (Å²) in [5.74, 6) is 0.491. The second-order valence-electron chi connectivity index (χ2n) is 5.20. The van der Waals surface area contributed by atoms with Crippen LogP contribution in [0.2, 0.25) is 0 Å². The van der Waals surface area contributed by atoms with E-state index in [0.717, 1.165) is 31.6 Å². The fourth-order valence-corrected chi connectivity index (χ4v) is 2.43. The lowest BCUT2D eigenvalue weighted by Gasteiger charge is -2.29. The maximum Gasteiger partial charge on any atom is 0.263 e. The van der Waals surface area contributed by atoms with Crippen molar-refractivity contribution in [1.29, 1.82) is 0 Å². The monoisotopic (exact) mass is 278 g/mol. The van der Waals surface area contributed by atoms with Crippen molar-refractivity contribution in [1.82, 2.24) is 9.88 Å². The Balaban J connectivity index is 2.03. The maximum atomic E-state index is 12.3. The molecule has 1 unspecified atom stereocenters. The van der Waals surface area contributed by atoms with Gasteiger partial charge in [-0.2, -0.15) is 0 Å². The molecule has 0 spiro atoms. The Morgan fingerprint density at radius 2 is 2.10 bits per heavy atom. The van der Waals surface area contributed by atoms with Crippen molar-refractivity contribution >= 4 is 5.91 Å². The van der Waals surface area contributed by atoms with Gasteiger partial charge in [-0.25, -0.2) is 0 Å². The summed E-state index contributed by atoms with van der Waals surface area (Å²) in [5, 5.41) is 9.31. The highest BCUT2D eigenvalue weighted by Gasteiger charge is 2.24. The quantitative estimate of drug-likeness (QED) is 0.910. The molecular weight excluding hydrogens is 256 g/mol. The van der Waals surface area contributed by atoms with Crippen molar-refractivity contribution in [3.63, 3.8) is 0 Å². The number of amides is 1. The molecule has 2 rings (SSSR count). The lowest BCUT2D eigenvalue weighted by Crippen LogP contribution is -2.43. The van der Waals surface area contributed by atoms with Crippen LogP contribution in [0.4, 0.5) is 0 Å². The van der Waals surface area contributed by atoms with E-state index in [0.29, 0.717) is 11.4 Å². The van der Waals surface area contributed by atoms with Crippen molar-refractivity contribution in [2.24, 2.45) is 0 Å². The van der Waals surface area contributed by atoms with Gasteiger partial charge in [0.15, 0.2) is 6.10 Å². The van der Waals surface area contributed by atoms with Crippen molar-refractivity contribution in [3.05, 3.63) is 23.5 Å². The van der Waals surface area contributed by atoms with Crippen molar-refractivity contribution < 1.29 is 14.6 Å². The Morgan fingerprint density at radius 1 is 1.40 bits per heavy atom. The molecule has 1 aliphatic heterocycles. The molecule has 20 heavy (non-hydrogen) atoms. The van der Waals surface area contributed by atoms with Crippen molar-refractivity contribution in [3.8, 4) is 5.75 Å². The number of hydrogen-bond donors (Lipinski definition) is 1. The molecule has 5 heteroatoms. The normalized spacial score (nSPS) is 16.9. The molecular formula is C15H22N2O3. The number of pyridine rings is 1. The summed E-state index contributed by atoms with van der Waals surface area (Å²) in [7, 11) is 0. The zero-order valence-corrected chi connectivity index (χ0v) is 12.1. The largest absolute Gasteiger partial charge is 0.479 e. The van der Waals surface area contributed by atoms with Crippen molar-refractivity contribution in [2.45, 2.75) is 45.8 Å². The number of aliphatic hydroxyl groups excluding tert-OH is 1. The molecule has 1 aromatic rings. The topological polar surface area (TPSA) is 62.7 Å². The van der Waals surface area contributed by atoms with Crippen LogP contribution in [-0.2, 0) is 11.4 Å². The Kier molecular flexibility index (Phi) is 4.95. The van der Waals surface area contributed by atoms with Gasteiger partial charge in [0.25, 0.3) is 5.91 Å². The molecule has 0 radical (unpaired) electrons. The Morgan fingerprint density at radius 3 is 2.75 bits per heavy atom. The second kappa shape index (κ2) is 6.70. The fourth-order valence-electron chi connectivity index (χ4n) is 2.43. The molecule has 0 bridgehead atoms. The van der Waals surface area contributed by atoms with Crippen LogP contribution in [0.1, 0.15) is 37.6 Å². The molecule has 2 heterocycles. The molecule has 5 nitrogen and oxygen atoms in total. The number of carbonyl (C=O) groups is 1. The van der Waals surface area contributed by atoms with E-state index >= 15 is 0 Å². The minimum Gasteiger partial charge on any atom is -0.479 e. The number of aryl methyl sites for hydroxylation is 1. The molecule has 1 fully saturated rings. The van der Waals surface area contributed by atoms with Crippen LogP contribution in [0.15, 0.2) is 12.1 Å². The average Bonchev–Trinajstić information content (AvgIpc) is 2.49. The van der Waals surface area contributed by atoms with Gasteiger partial charge in [0.05, 0.1) is 6.61 Å². The Hall–Kier alpha value is -1.62. The molecule has 0 aliphatic carbocycles. The van der Waals surface area contributed by atoms with Crippen molar-refractivity contribution in [2.75, 3.05) is 13.1 Å². The van der Waals surface area contributed by atoms with E-state index in [1.807, 2.05) is 17.9 Å². The predicted octanol–water partition coefficient (Wildman–Crippen LogP) is 1.66. The van der Waals surface area contributed by atoms with Gasteiger partial charge in [-0.1, -0.05) is 0 Å². The maximum absolute atomic E-state index is 12.3. The highest BCUT2D eigenvalue weighted by molar-refractivity contribution is 5.81. The number of rotatable bonds is 4. The van der Waals surface area contributed by atoms with E-state index in [4.69, 9.17) is 4.74 Å². The number of aromatic nitrogens is 1. The number of piperidine rings is 1. The van der Waals surface area contributed by atoms with E-state index < -0.39 is 6.10 Å². The van der Waals surface area contributed by atoms with Gasteiger partial charge in [-0.3, -0.25) is 9.78 Å². The lowest BCUT2D eigenvalue weighted by molar-refractivity contribution is -0.138. The van der Waals surface area contributed by atoms with Gasteiger partial charge in [-0.15, -0.1) is 0 Å². The summed E-state index contributed by atoms with van der Waals surface area (Å²) in [6.07, 6.45) is 2.76. The van der Waals surface area contributed by atoms with Gasteiger partial charge in [0, 0.05) is 18.8 Å². The first-order chi connectivity index (χ1) is 9.61. The molecule has 110 valence electrons. The summed E-state index contributed by atoms with van der Waals surface area (Å²) in [6.45, 7) is 5.03. The molecule has 1 atom stereocenters. The molecule has 1 N–H and O–H groups in total. The third kappa shape index (κ3) is 3.48. The lowest BCUT2D eigenvalue weighted by atomic mass is 10.1. The number of ether oxygens (including phenoxy) is 1. The molecule has 1 amide bonds. The van der Waals surface area contributed by atoms with Gasteiger partial charge in [0.1, 0.15) is 11.4 Å². The summed E-state index contributed by atoms with van der Waals surface area (Å²) < 4.78 is 5.69. The van der Waals surface area contributed by atoms with Crippen LogP contribution >= 0.6 is 0 Å². The number of nitrogens with zero attached hydrogens (tertiary/aromatic N) is 2.